The highest BCUT2D eigenvalue weighted by atomic mass is 15.3. The molecule has 90 valence electrons. The fourth-order valence-electron chi connectivity index (χ4n) is 1.88. The Morgan fingerprint density at radius 3 is 2.76 bits per heavy atom. The summed E-state index contributed by atoms with van der Waals surface area (Å²) in [5.74, 6) is 0. The molecule has 4 nitrogen and oxygen atoms in total. The summed E-state index contributed by atoms with van der Waals surface area (Å²) in [6, 6.07) is 9.91. The molecule has 0 saturated heterocycles. The van der Waals surface area contributed by atoms with Crippen LogP contribution in [0.3, 0.4) is 0 Å². The summed E-state index contributed by atoms with van der Waals surface area (Å²) < 4.78 is 1.93. The molecule has 2 rings (SSSR count). The van der Waals surface area contributed by atoms with Crippen molar-refractivity contribution in [1.82, 2.24) is 9.78 Å². The van der Waals surface area contributed by atoms with Crippen molar-refractivity contribution in [3.8, 4) is 0 Å². The fourth-order valence-corrected chi connectivity index (χ4v) is 1.88. The first-order valence-electron chi connectivity index (χ1n) is 5.88. The minimum absolute atomic E-state index is 0.829. The second-order valence-electron chi connectivity index (χ2n) is 3.91. The Kier molecular flexibility index (Phi) is 3.65. The van der Waals surface area contributed by atoms with Crippen LogP contribution < -0.4 is 10.6 Å². The Morgan fingerprint density at radius 1 is 1.29 bits per heavy atom. The monoisotopic (exact) mass is 230 g/mol. The van der Waals surface area contributed by atoms with Crippen LogP contribution >= 0.6 is 0 Å². The number of anilines is 2. The number of likely N-dealkylation sites (N-methyl/N-ethyl adjacent to an activating group) is 1. The molecule has 0 aliphatic carbocycles. The first kappa shape index (κ1) is 11.5. The minimum atomic E-state index is 0.829. The SMILES string of the molecule is CCN(CCn1cccn1)c1ccccc1N. The van der Waals surface area contributed by atoms with Crippen molar-refractivity contribution in [2.24, 2.45) is 0 Å². The largest absolute Gasteiger partial charge is 0.397 e. The predicted molar refractivity (Wildman–Crippen MR) is 71.0 cm³/mol. The maximum absolute atomic E-state index is 5.98. The molecule has 17 heavy (non-hydrogen) atoms. The van der Waals surface area contributed by atoms with Crippen molar-refractivity contribution >= 4 is 11.4 Å². The van der Waals surface area contributed by atoms with E-state index in [0.717, 1.165) is 31.0 Å². The molecule has 0 fully saturated rings. The lowest BCUT2D eigenvalue weighted by Crippen LogP contribution is -2.27. The standard InChI is InChI=1S/C13H18N4/c1-2-16(10-11-17-9-5-8-15-17)13-7-4-3-6-12(13)14/h3-9H,2,10-11,14H2,1H3. The van der Waals surface area contributed by atoms with Gasteiger partial charge in [-0.2, -0.15) is 5.10 Å². The van der Waals surface area contributed by atoms with Crippen LogP contribution in [0, 0.1) is 0 Å². The highest BCUT2D eigenvalue weighted by Crippen LogP contribution is 2.21. The lowest BCUT2D eigenvalue weighted by atomic mass is 10.2. The van der Waals surface area contributed by atoms with Gasteiger partial charge in [0.25, 0.3) is 0 Å². The molecule has 2 aromatic rings. The second kappa shape index (κ2) is 5.39. The van der Waals surface area contributed by atoms with Gasteiger partial charge in [0.15, 0.2) is 0 Å². The number of nitrogens with two attached hydrogens (primary N) is 1. The second-order valence-corrected chi connectivity index (χ2v) is 3.91. The molecule has 0 aliphatic rings. The van der Waals surface area contributed by atoms with E-state index >= 15 is 0 Å². The van der Waals surface area contributed by atoms with E-state index in [1.54, 1.807) is 6.20 Å². The van der Waals surface area contributed by atoms with Gasteiger partial charge in [-0.1, -0.05) is 12.1 Å². The van der Waals surface area contributed by atoms with Gasteiger partial charge in [0.1, 0.15) is 0 Å². The first-order chi connectivity index (χ1) is 8.31. The highest BCUT2D eigenvalue weighted by Gasteiger charge is 2.07. The van der Waals surface area contributed by atoms with Crippen LogP contribution in [-0.4, -0.2) is 22.9 Å². The average Bonchev–Trinajstić information content (AvgIpc) is 2.85. The molecule has 0 saturated carbocycles. The van der Waals surface area contributed by atoms with Crippen LogP contribution in [0.2, 0.25) is 0 Å². The molecule has 0 spiro atoms. The molecule has 4 heteroatoms. The molecule has 0 bridgehead atoms. The van der Waals surface area contributed by atoms with Crippen LogP contribution in [0.25, 0.3) is 0 Å². The topological polar surface area (TPSA) is 47.1 Å². The van der Waals surface area contributed by atoms with E-state index in [0.29, 0.717) is 0 Å². The Balaban J connectivity index is 2.04. The number of hydrogen-bond donors (Lipinski definition) is 1. The summed E-state index contributed by atoms with van der Waals surface area (Å²) in [4.78, 5) is 2.26. The van der Waals surface area contributed by atoms with E-state index in [1.165, 1.54) is 0 Å². The van der Waals surface area contributed by atoms with Crippen molar-refractivity contribution in [3.05, 3.63) is 42.7 Å². The third kappa shape index (κ3) is 2.78. The van der Waals surface area contributed by atoms with Crippen molar-refractivity contribution < 1.29 is 0 Å². The third-order valence-electron chi connectivity index (χ3n) is 2.82. The Hall–Kier alpha value is -1.97. The maximum Gasteiger partial charge on any atom is 0.0600 e. The van der Waals surface area contributed by atoms with E-state index < -0.39 is 0 Å². The van der Waals surface area contributed by atoms with E-state index in [-0.39, 0.29) is 0 Å². The number of benzene rings is 1. The van der Waals surface area contributed by atoms with Crippen LogP contribution in [-0.2, 0) is 6.54 Å². The van der Waals surface area contributed by atoms with Gasteiger partial charge in [-0.05, 0) is 25.1 Å². The molecule has 1 aromatic carbocycles. The zero-order chi connectivity index (χ0) is 12.1. The van der Waals surface area contributed by atoms with Crippen LogP contribution in [0.15, 0.2) is 42.7 Å². The normalized spacial score (nSPS) is 10.4. The summed E-state index contributed by atoms with van der Waals surface area (Å²) in [5, 5.41) is 4.20. The van der Waals surface area contributed by atoms with E-state index in [9.17, 15) is 0 Å². The lowest BCUT2D eigenvalue weighted by molar-refractivity contribution is 0.601. The summed E-state index contributed by atoms with van der Waals surface area (Å²) in [6.45, 7) is 4.85. The van der Waals surface area contributed by atoms with Gasteiger partial charge in [0.2, 0.25) is 0 Å². The molecule has 1 aromatic heterocycles. The zero-order valence-electron chi connectivity index (χ0n) is 10.1. The summed E-state index contributed by atoms with van der Waals surface area (Å²) in [7, 11) is 0. The van der Waals surface area contributed by atoms with Gasteiger partial charge >= 0.3 is 0 Å². The van der Waals surface area contributed by atoms with E-state index in [4.69, 9.17) is 5.73 Å². The summed E-state index contributed by atoms with van der Waals surface area (Å²) >= 11 is 0. The molecule has 2 N–H and O–H groups in total. The van der Waals surface area contributed by atoms with Gasteiger partial charge in [-0.25, -0.2) is 0 Å². The third-order valence-corrected chi connectivity index (χ3v) is 2.82. The maximum atomic E-state index is 5.98. The zero-order valence-corrected chi connectivity index (χ0v) is 10.1. The quantitative estimate of drug-likeness (QED) is 0.799. The molecule has 0 atom stereocenters. The molecule has 0 unspecified atom stereocenters. The molecular weight excluding hydrogens is 212 g/mol. The number of nitrogens with zero attached hydrogens (tertiary/aromatic N) is 3. The molecule has 0 aliphatic heterocycles. The Labute approximate surface area is 102 Å². The van der Waals surface area contributed by atoms with E-state index in [2.05, 4.69) is 23.0 Å². The first-order valence-corrected chi connectivity index (χ1v) is 5.88. The smallest absolute Gasteiger partial charge is 0.0600 e. The Morgan fingerprint density at radius 2 is 2.12 bits per heavy atom. The van der Waals surface area contributed by atoms with Crippen molar-refractivity contribution in [2.75, 3.05) is 23.7 Å². The minimum Gasteiger partial charge on any atom is -0.397 e. The lowest BCUT2D eigenvalue weighted by Gasteiger charge is -2.24. The van der Waals surface area contributed by atoms with Crippen molar-refractivity contribution in [3.63, 3.8) is 0 Å². The van der Waals surface area contributed by atoms with Gasteiger partial charge in [-0.3, -0.25) is 4.68 Å². The van der Waals surface area contributed by atoms with Crippen LogP contribution in [0.4, 0.5) is 11.4 Å². The number of aromatic nitrogens is 2. The molecule has 0 radical (unpaired) electrons. The number of para-hydroxylation sites is 2. The van der Waals surface area contributed by atoms with Gasteiger partial charge < -0.3 is 10.6 Å². The average molecular weight is 230 g/mol. The van der Waals surface area contributed by atoms with Crippen molar-refractivity contribution in [1.29, 1.82) is 0 Å². The summed E-state index contributed by atoms with van der Waals surface area (Å²) in [6.07, 6.45) is 3.77. The number of nitrogen functional groups attached to an aromatic ring is 1. The summed E-state index contributed by atoms with van der Waals surface area (Å²) in [5.41, 5.74) is 7.91. The van der Waals surface area contributed by atoms with Gasteiger partial charge in [0.05, 0.1) is 17.9 Å². The van der Waals surface area contributed by atoms with Crippen molar-refractivity contribution in [2.45, 2.75) is 13.5 Å². The Bertz CT molecular complexity index is 450. The molecule has 1 heterocycles. The van der Waals surface area contributed by atoms with Gasteiger partial charge in [-0.15, -0.1) is 0 Å². The van der Waals surface area contributed by atoms with Crippen LogP contribution in [0.5, 0.6) is 0 Å². The van der Waals surface area contributed by atoms with Crippen LogP contribution in [0.1, 0.15) is 6.92 Å². The highest BCUT2D eigenvalue weighted by molar-refractivity contribution is 5.67. The van der Waals surface area contributed by atoms with E-state index in [1.807, 2.05) is 35.1 Å². The molecule has 0 amide bonds. The predicted octanol–water partition coefficient (Wildman–Crippen LogP) is 1.99. The van der Waals surface area contributed by atoms with Gasteiger partial charge in [0, 0.05) is 25.5 Å². The molecular formula is C13H18N4. The number of rotatable bonds is 5. The fraction of sp³-hybridized carbons (Fsp3) is 0.308. The number of hydrogen-bond acceptors (Lipinski definition) is 3.